The Balaban J connectivity index is 2.17. The lowest BCUT2D eigenvalue weighted by atomic mass is 9.95. The average molecular weight is 272 g/mol. The predicted octanol–water partition coefficient (Wildman–Crippen LogP) is 6.85. The molecule has 0 heteroatoms. The molecule has 0 heterocycles. The number of rotatable bonds is 10. The highest BCUT2D eigenvalue weighted by Gasteiger charge is 2.03. The zero-order chi connectivity index (χ0) is 14.8. The van der Waals surface area contributed by atoms with Crippen LogP contribution in [0.3, 0.4) is 0 Å². The molecule has 0 nitrogen and oxygen atoms in total. The van der Waals surface area contributed by atoms with Gasteiger partial charge in [-0.25, -0.2) is 0 Å². The van der Waals surface area contributed by atoms with Gasteiger partial charge in [-0.05, 0) is 43.4 Å². The van der Waals surface area contributed by atoms with Crippen molar-refractivity contribution in [1.29, 1.82) is 0 Å². The topological polar surface area (TPSA) is 0 Å². The summed E-state index contributed by atoms with van der Waals surface area (Å²) in [7, 11) is 0. The minimum absolute atomic E-state index is 1.15. The van der Waals surface area contributed by atoms with Crippen LogP contribution in [0.15, 0.2) is 24.8 Å². The Kier molecular flexibility index (Phi) is 8.34. The van der Waals surface area contributed by atoms with Crippen molar-refractivity contribution in [3.63, 3.8) is 0 Å². The molecular formula is C20H32. The van der Waals surface area contributed by atoms with Crippen molar-refractivity contribution < 1.29 is 0 Å². The molecule has 0 aliphatic heterocycles. The Morgan fingerprint density at radius 1 is 0.900 bits per heavy atom. The normalized spacial score (nSPS) is 10.8. The van der Waals surface area contributed by atoms with E-state index in [0.717, 1.165) is 6.42 Å². The molecule has 0 radical (unpaired) electrons. The lowest BCUT2D eigenvalue weighted by Gasteiger charge is -2.10. The summed E-state index contributed by atoms with van der Waals surface area (Å²) in [5.41, 5.74) is 5.38. The van der Waals surface area contributed by atoms with Gasteiger partial charge in [0.05, 0.1) is 0 Å². The van der Waals surface area contributed by atoms with Crippen LogP contribution in [0.5, 0.6) is 0 Å². The average Bonchev–Trinajstić information content (AvgIpc) is 2.41. The first-order valence-corrected chi connectivity index (χ1v) is 8.40. The lowest BCUT2D eigenvalue weighted by molar-refractivity contribution is 0.579. The smallest absolute Gasteiger partial charge is 0.0201 e. The van der Waals surface area contributed by atoms with Crippen LogP contribution in [-0.4, -0.2) is 0 Å². The minimum Gasteiger partial charge on any atom is -0.0952 e. The quantitative estimate of drug-likeness (QED) is 0.409. The molecule has 1 aromatic carbocycles. The van der Waals surface area contributed by atoms with Crippen LogP contribution >= 0.6 is 0 Å². The SMILES string of the molecule is C=C(CCCCCCCCCC)c1ccc(C)cc1C. The zero-order valence-corrected chi connectivity index (χ0v) is 13.8. The maximum Gasteiger partial charge on any atom is -0.0201 e. The van der Waals surface area contributed by atoms with Gasteiger partial charge in [0.25, 0.3) is 0 Å². The van der Waals surface area contributed by atoms with E-state index >= 15 is 0 Å². The first-order valence-electron chi connectivity index (χ1n) is 8.40. The second-order valence-corrected chi connectivity index (χ2v) is 6.15. The third-order valence-corrected chi connectivity index (χ3v) is 4.09. The first kappa shape index (κ1) is 17.0. The number of hydrogen-bond acceptors (Lipinski definition) is 0. The second kappa shape index (κ2) is 9.80. The van der Waals surface area contributed by atoms with Gasteiger partial charge in [-0.3, -0.25) is 0 Å². The van der Waals surface area contributed by atoms with Gasteiger partial charge in [0.1, 0.15) is 0 Å². The molecule has 0 aromatic heterocycles. The number of allylic oxidation sites excluding steroid dienone is 1. The van der Waals surface area contributed by atoms with Gasteiger partial charge in [-0.15, -0.1) is 0 Å². The van der Waals surface area contributed by atoms with Crippen molar-refractivity contribution in [2.75, 3.05) is 0 Å². The molecule has 0 spiro atoms. The number of hydrogen-bond donors (Lipinski definition) is 0. The highest BCUT2D eigenvalue weighted by Crippen LogP contribution is 2.23. The summed E-state index contributed by atoms with van der Waals surface area (Å²) < 4.78 is 0. The molecule has 0 aliphatic carbocycles. The van der Waals surface area contributed by atoms with E-state index in [2.05, 4.69) is 45.5 Å². The van der Waals surface area contributed by atoms with Gasteiger partial charge in [0.2, 0.25) is 0 Å². The molecule has 1 aromatic rings. The van der Waals surface area contributed by atoms with Crippen molar-refractivity contribution in [1.82, 2.24) is 0 Å². The Bertz CT molecular complexity index is 400. The summed E-state index contributed by atoms with van der Waals surface area (Å²) in [6, 6.07) is 6.69. The molecule has 20 heavy (non-hydrogen) atoms. The van der Waals surface area contributed by atoms with E-state index in [9.17, 15) is 0 Å². The van der Waals surface area contributed by atoms with Crippen LogP contribution < -0.4 is 0 Å². The van der Waals surface area contributed by atoms with Crippen molar-refractivity contribution >= 4 is 5.57 Å². The van der Waals surface area contributed by atoms with Crippen LogP contribution in [0.1, 0.15) is 81.4 Å². The number of unbranched alkanes of at least 4 members (excludes halogenated alkanes) is 7. The molecule has 0 saturated carbocycles. The molecule has 0 saturated heterocycles. The molecular weight excluding hydrogens is 240 g/mol. The van der Waals surface area contributed by atoms with Crippen LogP contribution in [0.2, 0.25) is 0 Å². The third-order valence-electron chi connectivity index (χ3n) is 4.09. The van der Waals surface area contributed by atoms with E-state index < -0.39 is 0 Å². The molecule has 112 valence electrons. The largest absolute Gasteiger partial charge is 0.0952 e. The fourth-order valence-electron chi connectivity index (χ4n) is 2.82. The van der Waals surface area contributed by atoms with Crippen molar-refractivity contribution in [2.45, 2.75) is 78.6 Å². The molecule has 0 bridgehead atoms. The Hall–Kier alpha value is -1.04. The standard InChI is InChI=1S/C20H32/c1-5-6-7-8-9-10-11-12-13-18(3)20-15-14-17(2)16-19(20)4/h14-16H,3,5-13H2,1-2,4H3. The maximum atomic E-state index is 4.27. The second-order valence-electron chi connectivity index (χ2n) is 6.15. The van der Waals surface area contributed by atoms with Gasteiger partial charge < -0.3 is 0 Å². The van der Waals surface area contributed by atoms with E-state index in [1.165, 1.54) is 73.6 Å². The summed E-state index contributed by atoms with van der Waals surface area (Å²) >= 11 is 0. The Labute approximate surface area is 126 Å². The fourth-order valence-corrected chi connectivity index (χ4v) is 2.82. The summed E-state index contributed by atoms with van der Waals surface area (Å²) in [6.07, 6.45) is 12.2. The molecule has 0 amide bonds. The Morgan fingerprint density at radius 3 is 2.10 bits per heavy atom. The van der Waals surface area contributed by atoms with Gasteiger partial charge >= 0.3 is 0 Å². The van der Waals surface area contributed by atoms with Crippen LogP contribution in [-0.2, 0) is 0 Å². The van der Waals surface area contributed by atoms with Gasteiger partial charge in [-0.1, -0.05) is 82.2 Å². The van der Waals surface area contributed by atoms with Crippen LogP contribution in [0.25, 0.3) is 5.57 Å². The van der Waals surface area contributed by atoms with Crippen molar-refractivity contribution in [3.05, 3.63) is 41.5 Å². The highest BCUT2D eigenvalue weighted by molar-refractivity contribution is 5.66. The van der Waals surface area contributed by atoms with E-state index in [0.29, 0.717) is 0 Å². The lowest BCUT2D eigenvalue weighted by Crippen LogP contribution is -1.90. The summed E-state index contributed by atoms with van der Waals surface area (Å²) in [5, 5.41) is 0. The first-order chi connectivity index (χ1) is 9.65. The molecule has 0 atom stereocenters. The summed E-state index contributed by atoms with van der Waals surface area (Å²) in [4.78, 5) is 0. The van der Waals surface area contributed by atoms with Crippen LogP contribution in [0, 0.1) is 13.8 Å². The molecule has 0 N–H and O–H groups in total. The van der Waals surface area contributed by atoms with E-state index in [-0.39, 0.29) is 0 Å². The van der Waals surface area contributed by atoms with Crippen LogP contribution in [0.4, 0.5) is 0 Å². The summed E-state index contributed by atoms with van der Waals surface area (Å²) in [5.74, 6) is 0. The number of benzene rings is 1. The van der Waals surface area contributed by atoms with E-state index in [1.807, 2.05) is 0 Å². The molecule has 1 rings (SSSR count). The Morgan fingerprint density at radius 2 is 1.50 bits per heavy atom. The predicted molar refractivity (Wildman–Crippen MR) is 92.2 cm³/mol. The molecule has 0 fully saturated rings. The van der Waals surface area contributed by atoms with E-state index in [4.69, 9.17) is 0 Å². The molecule has 0 aliphatic rings. The van der Waals surface area contributed by atoms with Gasteiger partial charge in [0, 0.05) is 0 Å². The monoisotopic (exact) mass is 272 g/mol. The number of aryl methyl sites for hydroxylation is 2. The van der Waals surface area contributed by atoms with Gasteiger partial charge in [0.15, 0.2) is 0 Å². The van der Waals surface area contributed by atoms with Gasteiger partial charge in [-0.2, -0.15) is 0 Å². The molecule has 0 unspecified atom stereocenters. The van der Waals surface area contributed by atoms with Crippen molar-refractivity contribution in [3.8, 4) is 0 Å². The van der Waals surface area contributed by atoms with Crippen molar-refractivity contribution in [2.24, 2.45) is 0 Å². The minimum atomic E-state index is 1.15. The van der Waals surface area contributed by atoms with E-state index in [1.54, 1.807) is 0 Å². The third kappa shape index (κ3) is 6.41. The zero-order valence-electron chi connectivity index (χ0n) is 13.8. The fraction of sp³-hybridized carbons (Fsp3) is 0.600. The summed E-state index contributed by atoms with van der Waals surface area (Å²) in [6.45, 7) is 10.9. The maximum absolute atomic E-state index is 4.27. The highest BCUT2D eigenvalue weighted by atomic mass is 14.1.